The molecule has 4 rings (SSSR count). The van der Waals surface area contributed by atoms with Crippen LogP contribution in [0.2, 0.25) is 0 Å². The van der Waals surface area contributed by atoms with E-state index >= 15 is 0 Å². The zero-order chi connectivity index (χ0) is 19.8. The Morgan fingerprint density at radius 3 is 2.86 bits per heavy atom. The third-order valence-corrected chi connectivity index (χ3v) is 4.83. The number of fused-ring (bicyclic) bond motifs is 1. The molecule has 4 N–H and O–H groups in total. The molecule has 3 aromatic rings. The topological polar surface area (TPSA) is 115 Å². The van der Waals surface area contributed by atoms with Crippen molar-refractivity contribution in [2.75, 3.05) is 5.32 Å². The molecular weight excluding hydrogens is 401 g/mol. The van der Waals surface area contributed by atoms with E-state index < -0.39 is 5.97 Å². The van der Waals surface area contributed by atoms with E-state index in [9.17, 15) is 14.3 Å². The summed E-state index contributed by atoms with van der Waals surface area (Å²) < 4.78 is 21.2. The lowest BCUT2D eigenvalue weighted by Crippen LogP contribution is -2.43. The molecule has 1 aromatic carbocycles. The molecule has 0 radical (unpaired) electrons. The largest absolute Gasteiger partial charge is 0.490 e. The number of carbonyl (C=O) groups is 1. The molecule has 1 saturated carbocycles. The monoisotopic (exact) mass is 421 g/mol. The second kappa shape index (κ2) is 8.22. The lowest BCUT2D eigenvalue weighted by atomic mass is 9.90. The first-order chi connectivity index (χ1) is 13.4. The highest BCUT2D eigenvalue weighted by Crippen LogP contribution is 2.32. The highest BCUT2D eigenvalue weighted by Gasteiger charge is 2.29. The fourth-order valence-corrected chi connectivity index (χ4v) is 3.25. The van der Waals surface area contributed by atoms with Crippen LogP contribution in [0, 0.1) is 5.82 Å². The number of halogens is 2. The van der Waals surface area contributed by atoms with Gasteiger partial charge in [-0.25, -0.2) is 18.7 Å². The van der Waals surface area contributed by atoms with Crippen LogP contribution < -0.4 is 15.8 Å². The minimum atomic E-state index is -1.10. The lowest BCUT2D eigenvalue weighted by Gasteiger charge is -2.33. The molecular formula is C19H21ClFN5O3. The molecule has 1 fully saturated rings. The Kier molecular flexibility index (Phi) is 5.90. The predicted molar refractivity (Wildman–Crippen MR) is 107 cm³/mol. The number of hydrogen-bond donors (Lipinski definition) is 3. The lowest BCUT2D eigenvalue weighted by molar-refractivity contribution is 0.0698. The van der Waals surface area contributed by atoms with Gasteiger partial charge in [-0.15, -0.1) is 12.4 Å². The van der Waals surface area contributed by atoms with Gasteiger partial charge >= 0.3 is 5.97 Å². The van der Waals surface area contributed by atoms with E-state index in [0.29, 0.717) is 17.1 Å². The maximum Gasteiger partial charge on any atom is 0.341 e. The number of aromatic nitrogens is 3. The Labute approximate surface area is 172 Å². The Morgan fingerprint density at radius 2 is 2.17 bits per heavy atom. The van der Waals surface area contributed by atoms with Crippen molar-refractivity contribution in [1.29, 1.82) is 0 Å². The summed E-state index contributed by atoms with van der Waals surface area (Å²) in [4.78, 5) is 15.6. The molecule has 29 heavy (non-hydrogen) atoms. The number of rotatable bonds is 6. The van der Waals surface area contributed by atoms with Gasteiger partial charge in [-0.3, -0.25) is 0 Å². The van der Waals surface area contributed by atoms with Gasteiger partial charge in [-0.05, 0) is 44.0 Å². The first-order valence-electron chi connectivity index (χ1n) is 8.96. The molecule has 154 valence electrons. The summed E-state index contributed by atoms with van der Waals surface area (Å²) in [5, 5.41) is 16.4. The number of benzene rings is 1. The van der Waals surface area contributed by atoms with Crippen LogP contribution in [0.1, 0.15) is 41.7 Å². The molecule has 0 bridgehead atoms. The van der Waals surface area contributed by atoms with Crippen LogP contribution >= 0.6 is 12.4 Å². The standard InChI is InChI=1S/C19H20FN5O3.ClH/c1-10(14-6-11(20)2-3-16(14)28-13-7-12(21)8-13)23-17-4-5-25-18(24-17)15(9-22-25)19(26)27;/h2-6,9-10,12-13H,7-8,21H2,1H3,(H,23,24)(H,26,27);1H. The van der Waals surface area contributed by atoms with Gasteiger partial charge in [0.05, 0.1) is 12.2 Å². The summed E-state index contributed by atoms with van der Waals surface area (Å²) in [6, 6.07) is 5.89. The Hall–Kier alpha value is -2.91. The van der Waals surface area contributed by atoms with E-state index in [2.05, 4.69) is 15.4 Å². The number of nitrogens with two attached hydrogens (primary N) is 1. The third kappa shape index (κ3) is 4.25. The number of aromatic carboxylic acids is 1. The predicted octanol–water partition coefficient (Wildman–Crippen LogP) is 3.03. The summed E-state index contributed by atoms with van der Waals surface area (Å²) >= 11 is 0. The second-order valence-electron chi connectivity index (χ2n) is 6.96. The Bertz CT molecular complexity index is 1040. The van der Waals surface area contributed by atoms with Gasteiger partial charge in [-0.2, -0.15) is 5.10 Å². The normalized spacial score (nSPS) is 19.1. The molecule has 2 aromatic heterocycles. The highest BCUT2D eigenvalue weighted by atomic mass is 35.5. The highest BCUT2D eigenvalue weighted by molar-refractivity contribution is 5.94. The molecule has 0 saturated heterocycles. The van der Waals surface area contributed by atoms with Crippen molar-refractivity contribution in [2.24, 2.45) is 5.73 Å². The Morgan fingerprint density at radius 1 is 1.41 bits per heavy atom. The van der Waals surface area contributed by atoms with Gasteiger partial charge in [0.2, 0.25) is 0 Å². The van der Waals surface area contributed by atoms with Crippen LogP contribution in [0.5, 0.6) is 5.75 Å². The van der Waals surface area contributed by atoms with Crippen LogP contribution in [-0.2, 0) is 0 Å². The summed E-state index contributed by atoms with van der Waals surface area (Å²) in [5.41, 5.74) is 6.69. The zero-order valence-electron chi connectivity index (χ0n) is 15.6. The summed E-state index contributed by atoms with van der Waals surface area (Å²) in [6.07, 6.45) is 4.44. The average molecular weight is 422 g/mol. The van der Waals surface area contributed by atoms with Crippen LogP contribution in [-0.4, -0.2) is 37.8 Å². The fraction of sp³-hybridized carbons (Fsp3) is 0.316. The van der Waals surface area contributed by atoms with E-state index in [1.54, 1.807) is 18.3 Å². The van der Waals surface area contributed by atoms with Gasteiger partial charge in [-0.1, -0.05) is 0 Å². The summed E-state index contributed by atoms with van der Waals surface area (Å²) in [6.45, 7) is 1.86. The SMILES string of the molecule is CC(Nc1ccn2ncc(C(=O)O)c2n1)c1cc(F)ccc1OC1CC(N)C1.Cl. The molecule has 0 amide bonds. The van der Waals surface area contributed by atoms with Crippen LogP contribution in [0.3, 0.4) is 0 Å². The zero-order valence-corrected chi connectivity index (χ0v) is 16.4. The first-order valence-corrected chi connectivity index (χ1v) is 8.96. The molecule has 10 heteroatoms. The number of hydrogen-bond acceptors (Lipinski definition) is 6. The maximum absolute atomic E-state index is 13.9. The van der Waals surface area contributed by atoms with Crippen LogP contribution in [0.4, 0.5) is 10.2 Å². The molecule has 1 atom stereocenters. The van der Waals surface area contributed by atoms with Crippen molar-refractivity contribution in [3.63, 3.8) is 0 Å². The first kappa shape index (κ1) is 20.8. The van der Waals surface area contributed by atoms with E-state index in [1.165, 1.54) is 22.8 Å². The van der Waals surface area contributed by atoms with Crippen molar-refractivity contribution < 1.29 is 19.0 Å². The molecule has 1 aliphatic rings. The third-order valence-electron chi connectivity index (χ3n) is 4.83. The smallest absolute Gasteiger partial charge is 0.341 e. The Balaban J connectivity index is 0.00000240. The van der Waals surface area contributed by atoms with E-state index in [4.69, 9.17) is 10.5 Å². The molecule has 0 spiro atoms. The average Bonchev–Trinajstić information content (AvgIpc) is 3.05. The van der Waals surface area contributed by atoms with Crippen LogP contribution in [0.25, 0.3) is 5.65 Å². The molecule has 2 heterocycles. The number of anilines is 1. The number of nitrogens with one attached hydrogen (secondary N) is 1. The van der Waals surface area contributed by atoms with Gasteiger partial charge in [0.1, 0.15) is 29.1 Å². The van der Waals surface area contributed by atoms with E-state index in [-0.39, 0.29) is 47.6 Å². The molecule has 1 unspecified atom stereocenters. The number of carboxylic acids is 1. The molecule has 8 nitrogen and oxygen atoms in total. The van der Waals surface area contributed by atoms with Crippen molar-refractivity contribution in [3.8, 4) is 5.75 Å². The quantitative estimate of drug-likeness (QED) is 0.560. The number of nitrogens with zero attached hydrogens (tertiary/aromatic N) is 3. The van der Waals surface area contributed by atoms with Gasteiger partial charge in [0.25, 0.3) is 0 Å². The van der Waals surface area contributed by atoms with Crippen LogP contribution in [0.15, 0.2) is 36.7 Å². The van der Waals surface area contributed by atoms with Gasteiger partial charge < -0.3 is 20.9 Å². The van der Waals surface area contributed by atoms with Gasteiger partial charge in [0.15, 0.2) is 5.65 Å². The van der Waals surface area contributed by atoms with Gasteiger partial charge in [0, 0.05) is 17.8 Å². The van der Waals surface area contributed by atoms with Crippen molar-refractivity contribution in [3.05, 3.63) is 53.6 Å². The van der Waals surface area contributed by atoms with Crippen molar-refractivity contribution >= 4 is 29.8 Å². The van der Waals surface area contributed by atoms with Crippen molar-refractivity contribution in [2.45, 2.75) is 38.0 Å². The molecule has 0 aliphatic heterocycles. The fourth-order valence-electron chi connectivity index (χ4n) is 3.25. The van der Waals surface area contributed by atoms with E-state index in [0.717, 1.165) is 12.8 Å². The van der Waals surface area contributed by atoms with E-state index in [1.807, 2.05) is 6.92 Å². The second-order valence-corrected chi connectivity index (χ2v) is 6.96. The van der Waals surface area contributed by atoms with Crippen molar-refractivity contribution in [1.82, 2.24) is 14.6 Å². The maximum atomic E-state index is 13.9. The minimum absolute atomic E-state index is 0. The minimum Gasteiger partial charge on any atom is -0.490 e. The number of ether oxygens (including phenoxy) is 1. The molecule has 1 aliphatic carbocycles. The summed E-state index contributed by atoms with van der Waals surface area (Å²) in [7, 11) is 0. The summed E-state index contributed by atoms with van der Waals surface area (Å²) in [5.74, 6) is -0.431. The number of carboxylic acid groups (broad SMARTS) is 1.